The van der Waals surface area contributed by atoms with Gasteiger partial charge in [-0.3, -0.25) is 4.79 Å². The first-order valence-corrected chi connectivity index (χ1v) is 4.92. The third kappa shape index (κ3) is 2.88. The summed E-state index contributed by atoms with van der Waals surface area (Å²) in [6.45, 7) is 1.55. The van der Waals surface area contributed by atoms with Crippen molar-refractivity contribution in [1.29, 1.82) is 0 Å². The van der Waals surface area contributed by atoms with Gasteiger partial charge in [0.2, 0.25) is 0 Å². The van der Waals surface area contributed by atoms with Gasteiger partial charge in [-0.2, -0.15) is 0 Å². The molecule has 3 N–H and O–H groups in total. The molecular weight excluding hydrogens is 234 g/mol. The number of aromatic amines is 1. The van der Waals surface area contributed by atoms with Crippen LogP contribution in [0.3, 0.4) is 0 Å². The Morgan fingerprint density at radius 1 is 1.59 bits per heavy atom. The molecule has 0 saturated heterocycles. The normalized spacial score (nSPS) is 10.6. The number of halogens is 2. The molecule has 17 heavy (non-hydrogen) atoms. The Kier molecular flexibility index (Phi) is 4.33. The van der Waals surface area contributed by atoms with Crippen molar-refractivity contribution >= 4 is 5.97 Å². The summed E-state index contributed by atoms with van der Waals surface area (Å²) in [4.78, 5) is 24.8. The van der Waals surface area contributed by atoms with Crippen LogP contribution in [-0.2, 0) is 11.3 Å². The smallest absolute Gasteiger partial charge is 0.355 e. The van der Waals surface area contributed by atoms with E-state index in [9.17, 15) is 18.4 Å². The van der Waals surface area contributed by atoms with Gasteiger partial charge >= 0.3 is 5.97 Å². The van der Waals surface area contributed by atoms with Crippen LogP contribution in [0.1, 0.15) is 35.0 Å². The van der Waals surface area contributed by atoms with Crippen molar-refractivity contribution in [3.05, 3.63) is 33.2 Å². The number of ether oxygens (including phenoxy) is 1. The zero-order valence-corrected chi connectivity index (χ0v) is 9.13. The molecule has 0 saturated carbocycles. The zero-order chi connectivity index (χ0) is 13.0. The van der Waals surface area contributed by atoms with E-state index in [0.29, 0.717) is 0 Å². The van der Waals surface area contributed by atoms with Crippen molar-refractivity contribution in [3.63, 3.8) is 0 Å². The van der Waals surface area contributed by atoms with E-state index in [1.807, 2.05) is 0 Å². The molecule has 5 nitrogen and oxygen atoms in total. The first-order chi connectivity index (χ1) is 8.01. The lowest BCUT2D eigenvalue weighted by molar-refractivity contribution is 0.0517. The highest BCUT2D eigenvalue weighted by molar-refractivity contribution is 5.88. The molecule has 0 spiro atoms. The second-order valence-electron chi connectivity index (χ2n) is 3.18. The fraction of sp³-hybridized carbons (Fsp3) is 0.400. The molecular formula is C10H12F2N2O3. The van der Waals surface area contributed by atoms with Gasteiger partial charge in [0.25, 0.3) is 12.0 Å². The van der Waals surface area contributed by atoms with Gasteiger partial charge in [-0.25, -0.2) is 13.6 Å². The van der Waals surface area contributed by atoms with Gasteiger partial charge in [-0.1, -0.05) is 0 Å². The number of rotatable bonds is 4. The van der Waals surface area contributed by atoms with Crippen LogP contribution < -0.4 is 11.3 Å². The van der Waals surface area contributed by atoms with Crippen molar-refractivity contribution in [3.8, 4) is 0 Å². The number of nitrogens with two attached hydrogens (primary N) is 1. The van der Waals surface area contributed by atoms with Crippen LogP contribution in [0.5, 0.6) is 0 Å². The number of carbonyl (C=O) groups excluding carboxylic acids is 1. The second-order valence-corrected chi connectivity index (χ2v) is 3.18. The summed E-state index contributed by atoms with van der Waals surface area (Å²) in [5.74, 6) is -0.786. The van der Waals surface area contributed by atoms with Crippen LogP contribution in [0.25, 0.3) is 0 Å². The molecule has 0 radical (unpaired) electrons. The van der Waals surface area contributed by atoms with Crippen molar-refractivity contribution in [2.75, 3.05) is 6.61 Å². The minimum absolute atomic E-state index is 0.113. The van der Waals surface area contributed by atoms with E-state index in [1.165, 1.54) is 0 Å². The number of nitrogens with one attached hydrogen (secondary N) is 1. The number of hydrogen-bond donors (Lipinski definition) is 2. The van der Waals surface area contributed by atoms with E-state index in [-0.39, 0.29) is 24.4 Å². The minimum Gasteiger partial charge on any atom is -0.461 e. The Morgan fingerprint density at radius 2 is 2.24 bits per heavy atom. The summed E-state index contributed by atoms with van der Waals surface area (Å²) < 4.78 is 29.6. The van der Waals surface area contributed by atoms with E-state index in [1.54, 1.807) is 6.92 Å². The van der Waals surface area contributed by atoms with Crippen LogP contribution in [0, 0.1) is 0 Å². The Labute approximate surface area is 95.6 Å². The van der Waals surface area contributed by atoms with E-state index < -0.39 is 23.5 Å². The lowest BCUT2D eigenvalue weighted by Crippen LogP contribution is -2.22. The fourth-order valence-electron chi connectivity index (χ4n) is 1.30. The average Bonchev–Trinajstić information content (AvgIpc) is 2.28. The summed E-state index contributed by atoms with van der Waals surface area (Å²) in [5, 5.41) is 0. The zero-order valence-electron chi connectivity index (χ0n) is 9.13. The minimum atomic E-state index is -2.92. The molecule has 1 aromatic heterocycles. The third-order valence-electron chi connectivity index (χ3n) is 2.09. The molecule has 0 aliphatic rings. The number of carbonyl (C=O) groups is 1. The molecule has 7 heteroatoms. The van der Waals surface area contributed by atoms with Crippen molar-refractivity contribution < 1.29 is 18.3 Å². The van der Waals surface area contributed by atoms with Crippen LogP contribution >= 0.6 is 0 Å². The first-order valence-electron chi connectivity index (χ1n) is 4.92. The van der Waals surface area contributed by atoms with Gasteiger partial charge in [0, 0.05) is 6.54 Å². The summed E-state index contributed by atoms with van der Waals surface area (Å²) in [5.41, 5.74) is 3.55. The van der Waals surface area contributed by atoms with Gasteiger partial charge < -0.3 is 15.5 Å². The highest BCUT2D eigenvalue weighted by Crippen LogP contribution is 2.17. The number of esters is 1. The summed E-state index contributed by atoms with van der Waals surface area (Å²) in [7, 11) is 0. The lowest BCUT2D eigenvalue weighted by Gasteiger charge is -2.08. The van der Waals surface area contributed by atoms with E-state index in [2.05, 4.69) is 9.72 Å². The molecule has 0 aliphatic carbocycles. The van der Waals surface area contributed by atoms with Crippen LogP contribution in [0.2, 0.25) is 0 Å². The first kappa shape index (κ1) is 13.3. The Morgan fingerprint density at radius 3 is 2.71 bits per heavy atom. The molecule has 0 aromatic carbocycles. The van der Waals surface area contributed by atoms with E-state index in [4.69, 9.17) is 5.73 Å². The Hall–Kier alpha value is -1.76. The molecule has 0 unspecified atom stereocenters. The Bertz CT molecular complexity index is 471. The predicted octanol–water partition coefficient (Wildman–Crippen LogP) is 0.948. The summed E-state index contributed by atoms with van der Waals surface area (Å²) in [6.07, 6.45) is -2.92. The third-order valence-corrected chi connectivity index (χ3v) is 2.09. The molecule has 0 amide bonds. The fourth-order valence-corrected chi connectivity index (χ4v) is 1.30. The van der Waals surface area contributed by atoms with Gasteiger partial charge in [-0.05, 0) is 18.6 Å². The molecule has 1 rings (SSSR count). The standard InChI is InChI=1S/C10H12F2N2O3/c1-2-17-10(16)7-5(4-13)3-6(8(11)12)9(15)14-7/h3,8H,2,4,13H2,1H3,(H,14,15). The average molecular weight is 246 g/mol. The van der Waals surface area contributed by atoms with Gasteiger partial charge in [-0.15, -0.1) is 0 Å². The van der Waals surface area contributed by atoms with E-state index in [0.717, 1.165) is 6.07 Å². The molecule has 1 heterocycles. The molecule has 0 bridgehead atoms. The SMILES string of the molecule is CCOC(=O)c1[nH]c(=O)c(C(F)F)cc1CN. The molecule has 94 valence electrons. The lowest BCUT2D eigenvalue weighted by atomic mass is 10.1. The van der Waals surface area contributed by atoms with Crippen molar-refractivity contribution in [1.82, 2.24) is 4.98 Å². The number of pyridine rings is 1. The highest BCUT2D eigenvalue weighted by Gasteiger charge is 2.19. The van der Waals surface area contributed by atoms with Crippen LogP contribution in [-0.4, -0.2) is 17.6 Å². The number of hydrogen-bond acceptors (Lipinski definition) is 4. The predicted molar refractivity (Wildman–Crippen MR) is 55.9 cm³/mol. The van der Waals surface area contributed by atoms with Gasteiger partial charge in [0.05, 0.1) is 12.2 Å². The van der Waals surface area contributed by atoms with E-state index >= 15 is 0 Å². The maximum absolute atomic E-state index is 12.4. The number of aromatic nitrogens is 1. The maximum Gasteiger partial charge on any atom is 0.355 e. The number of alkyl halides is 2. The number of H-pyrrole nitrogens is 1. The van der Waals surface area contributed by atoms with Gasteiger partial charge in [0.15, 0.2) is 0 Å². The molecule has 0 aliphatic heterocycles. The monoisotopic (exact) mass is 246 g/mol. The Balaban J connectivity index is 3.28. The molecule has 0 fully saturated rings. The van der Waals surface area contributed by atoms with Crippen LogP contribution in [0.15, 0.2) is 10.9 Å². The largest absolute Gasteiger partial charge is 0.461 e. The van der Waals surface area contributed by atoms with Crippen LogP contribution in [0.4, 0.5) is 8.78 Å². The van der Waals surface area contributed by atoms with Crippen molar-refractivity contribution in [2.24, 2.45) is 5.73 Å². The maximum atomic E-state index is 12.4. The quantitative estimate of drug-likeness (QED) is 0.774. The second kappa shape index (κ2) is 5.53. The van der Waals surface area contributed by atoms with Gasteiger partial charge in [0.1, 0.15) is 5.69 Å². The topological polar surface area (TPSA) is 85.2 Å². The molecule has 1 aromatic rings. The summed E-state index contributed by atoms with van der Waals surface area (Å²) in [6, 6.07) is 0.926. The van der Waals surface area contributed by atoms with Crippen molar-refractivity contribution in [2.45, 2.75) is 19.9 Å². The highest BCUT2D eigenvalue weighted by atomic mass is 19.3. The molecule has 0 atom stereocenters. The summed E-state index contributed by atoms with van der Waals surface area (Å²) >= 11 is 0.